The molecule has 0 atom stereocenters. The maximum Gasteiger partial charge on any atom is 0.155 e. The Kier molecular flexibility index (Phi) is 4.88. The van der Waals surface area contributed by atoms with Crippen LogP contribution in [0.5, 0.6) is 0 Å². The predicted molar refractivity (Wildman–Crippen MR) is 94.8 cm³/mol. The largest absolute Gasteiger partial charge is 0.456 e. The van der Waals surface area contributed by atoms with Gasteiger partial charge in [0.2, 0.25) is 0 Å². The van der Waals surface area contributed by atoms with E-state index in [4.69, 9.17) is 16.0 Å². The molecule has 1 aromatic heterocycles. The second-order valence-electron chi connectivity index (χ2n) is 6.23. The molecule has 0 saturated heterocycles. The van der Waals surface area contributed by atoms with Gasteiger partial charge in [-0.2, -0.15) is 0 Å². The van der Waals surface area contributed by atoms with Gasteiger partial charge in [0.1, 0.15) is 11.3 Å². The Morgan fingerprint density at radius 1 is 1.39 bits per heavy atom. The number of benzene rings is 1. The van der Waals surface area contributed by atoms with Crippen molar-refractivity contribution in [1.29, 1.82) is 0 Å². The number of hydrogen-bond donors (Lipinski definition) is 0. The average Bonchev–Trinajstić information content (AvgIpc) is 2.77. The monoisotopic (exact) mass is 331 g/mol. The fourth-order valence-corrected chi connectivity index (χ4v) is 3.36. The maximum atomic E-state index is 11.9. The smallest absolute Gasteiger partial charge is 0.155 e. The van der Waals surface area contributed by atoms with E-state index >= 15 is 0 Å². The molecule has 3 rings (SSSR count). The Balaban J connectivity index is 2.01. The van der Waals surface area contributed by atoms with Crippen LogP contribution in [0, 0.1) is 0 Å². The van der Waals surface area contributed by atoms with E-state index in [1.807, 2.05) is 18.2 Å². The second kappa shape index (κ2) is 6.90. The summed E-state index contributed by atoms with van der Waals surface area (Å²) < 4.78 is 6.00. The van der Waals surface area contributed by atoms with Crippen LogP contribution in [0.3, 0.4) is 0 Å². The molecule has 0 spiro atoms. The van der Waals surface area contributed by atoms with Crippen molar-refractivity contribution in [2.24, 2.45) is 0 Å². The molecule has 0 N–H and O–H groups in total. The van der Waals surface area contributed by atoms with E-state index in [1.54, 1.807) is 6.08 Å². The topological polar surface area (TPSA) is 33.5 Å². The zero-order valence-corrected chi connectivity index (χ0v) is 14.4. The third-order valence-electron chi connectivity index (χ3n) is 4.41. The van der Waals surface area contributed by atoms with Gasteiger partial charge in [-0.1, -0.05) is 24.9 Å². The Morgan fingerprint density at radius 3 is 3.00 bits per heavy atom. The average molecular weight is 332 g/mol. The number of halogens is 1. The number of nitrogens with zero attached hydrogens (tertiary/aromatic N) is 1. The Labute approximate surface area is 141 Å². The number of carbonyl (C=O) groups is 1. The van der Waals surface area contributed by atoms with Crippen LogP contribution in [-0.4, -0.2) is 24.3 Å². The van der Waals surface area contributed by atoms with Gasteiger partial charge in [-0.15, -0.1) is 0 Å². The first kappa shape index (κ1) is 16.3. The number of furan rings is 1. The summed E-state index contributed by atoms with van der Waals surface area (Å²) in [6.45, 7) is 3.86. The van der Waals surface area contributed by atoms with Gasteiger partial charge in [-0.05, 0) is 49.7 Å². The summed E-state index contributed by atoms with van der Waals surface area (Å²) in [6, 6.07) is 3.82. The molecule has 0 bridgehead atoms. The standard InChI is InChI=1S/C19H22ClNO2/c1-3-4-5-13(22)6-8-17-15-12-21(2)11-10-14-16(20)7-9-18(23-17)19(14)15/h6-9H,3-5,10-12H2,1-2H3. The number of rotatable bonds is 5. The summed E-state index contributed by atoms with van der Waals surface area (Å²) in [6.07, 6.45) is 6.94. The van der Waals surface area contributed by atoms with E-state index in [2.05, 4.69) is 18.9 Å². The molecular formula is C19H22ClNO2. The Bertz CT molecular complexity index is 760. The van der Waals surface area contributed by atoms with Crippen LogP contribution >= 0.6 is 11.6 Å². The fourth-order valence-electron chi connectivity index (χ4n) is 3.11. The van der Waals surface area contributed by atoms with Gasteiger partial charge in [0, 0.05) is 35.5 Å². The van der Waals surface area contributed by atoms with Crippen molar-refractivity contribution in [1.82, 2.24) is 4.90 Å². The van der Waals surface area contributed by atoms with Gasteiger partial charge in [0.25, 0.3) is 0 Å². The van der Waals surface area contributed by atoms with Crippen LogP contribution in [-0.2, 0) is 17.8 Å². The molecule has 1 aliphatic rings. The molecule has 23 heavy (non-hydrogen) atoms. The van der Waals surface area contributed by atoms with E-state index in [-0.39, 0.29) is 5.78 Å². The number of carbonyl (C=O) groups excluding carboxylic acids is 1. The quantitative estimate of drug-likeness (QED) is 0.734. The van der Waals surface area contributed by atoms with Crippen molar-refractivity contribution in [2.75, 3.05) is 13.6 Å². The SMILES string of the molecule is CCCCC(=O)C=Cc1oc2ccc(Cl)c3c2c1CN(C)CC3. The lowest BCUT2D eigenvalue weighted by molar-refractivity contribution is -0.114. The molecule has 0 fully saturated rings. The summed E-state index contributed by atoms with van der Waals surface area (Å²) in [7, 11) is 2.10. The van der Waals surface area contributed by atoms with Crippen LogP contribution in [0.1, 0.15) is 43.1 Å². The lowest BCUT2D eigenvalue weighted by Crippen LogP contribution is -2.18. The van der Waals surface area contributed by atoms with Gasteiger partial charge in [-0.3, -0.25) is 4.79 Å². The normalized spacial score (nSPS) is 15.4. The molecule has 1 aliphatic heterocycles. The first-order chi connectivity index (χ1) is 11.1. The number of hydrogen-bond acceptors (Lipinski definition) is 3. The number of likely N-dealkylation sites (N-methyl/N-ethyl adjacent to an activating group) is 1. The lowest BCUT2D eigenvalue weighted by atomic mass is 10.0. The first-order valence-electron chi connectivity index (χ1n) is 8.22. The van der Waals surface area contributed by atoms with Crippen LogP contribution in [0.2, 0.25) is 5.02 Å². The zero-order valence-electron chi connectivity index (χ0n) is 13.7. The second-order valence-corrected chi connectivity index (χ2v) is 6.64. The Morgan fingerprint density at radius 2 is 2.22 bits per heavy atom. The summed E-state index contributed by atoms with van der Waals surface area (Å²) in [5, 5.41) is 1.92. The minimum Gasteiger partial charge on any atom is -0.456 e. The molecule has 0 radical (unpaired) electrons. The molecular weight excluding hydrogens is 310 g/mol. The summed E-state index contributed by atoms with van der Waals surface area (Å²) in [5.41, 5.74) is 3.15. The van der Waals surface area contributed by atoms with E-state index in [9.17, 15) is 4.79 Å². The van der Waals surface area contributed by atoms with Crippen LogP contribution in [0.4, 0.5) is 0 Å². The van der Waals surface area contributed by atoms with Crippen molar-refractivity contribution in [3.05, 3.63) is 40.1 Å². The van der Waals surface area contributed by atoms with Crippen molar-refractivity contribution in [3.8, 4) is 0 Å². The summed E-state index contributed by atoms with van der Waals surface area (Å²) >= 11 is 6.39. The molecule has 2 aromatic rings. The van der Waals surface area contributed by atoms with Crippen molar-refractivity contribution >= 4 is 34.4 Å². The molecule has 0 amide bonds. The molecule has 122 valence electrons. The third kappa shape index (κ3) is 3.36. The molecule has 4 heteroatoms. The van der Waals surface area contributed by atoms with Crippen LogP contribution in [0.25, 0.3) is 17.0 Å². The number of unbranched alkanes of at least 4 members (excludes halogenated alkanes) is 1. The number of ketones is 1. The lowest BCUT2D eigenvalue weighted by Gasteiger charge is -2.12. The highest BCUT2D eigenvalue weighted by Crippen LogP contribution is 2.36. The van der Waals surface area contributed by atoms with Crippen molar-refractivity contribution < 1.29 is 9.21 Å². The van der Waals surface area contributed by atoms with E-state index in [1.165, 1.54) is 0 Å². The van der Waals surface area contributed by atoms with Gasteiger partial charge < -0.3 is 9.32 Å². The van der Waals surface area contributed by atoms with E-state index in [0.717, 1.165) is 65.2 Å². The predicted octanol–water partition coefficient (Wildman–Crippen LogP) is 4.85. The van der Waals surface area contributed by atoms with Crippen molar-refractivity contribution in [3.63, 3.8) is 0 Å². The van der Waals surface area contributed by atoms with Gasteiger partial charge in [0.15, 0.2) is 5.78 Å². The van der Waals surface area contributed by atoms with Gasteiger partial charge in [0.05, 0.1) is 0 Å². The highest BCUT2D eigenvalue weighted by atomic mass is 35.5. The minimum absolute atomic E-state index is 0.153. The Hall–Kier alpha value is -1.58. The molecule has 0 saturated carbocycles. The third-order valence-corrected chi connectivity index (χ3v) is 4.76. The van der Waals surface area contributed by atoms with E-state index in [0.29, 0.717) is 6.42 Å². The van der Waals surface area contributed by atoms with Gasteiger partial charge >= 0.3 is 0 Å². The highest BCUT2D eigenvalue weighted by Gasteiger charge is 2.22. The zero-order chi connectivity index (χ0) is 16.4. The molecule has 1 aromatic carbocycles. The fraction of sp³-hybridized carbons (Fsp3) is 0.421. The molecule has 0 unspecified atom stereocenters. The molecule has 2 heterocycles. The van der Waals surface area contributed by atoms with Crippen molar-refractivity contribution in [2.45, 2.75) is 39.2 Å². The molecule has 0 aliphatic carbocycles. The van der Waals surface area contributed by atoms with Crippen LogP contribution < -0.4 is 0 Å². The summed E-state index contributed by atoms with van der Waals surface area (Å²) in [4.78, 5) is 14.2. The van der Waals surface area contributed by atoms with E-state index < -0.39 is 0 Å². The van der Waals surface area contributed by atoms with Gasteiger partial charge in [-0.25, -0.2) is 0 Å². The molecule has 3 nitrogen and oxygen atoms in total. The van der Waals surface area contributed by atoms with Crippen LogP contribution in [0.15, 0.2) is 22.6 Å². The number of allylic oxidation sites excluding steroid dienone is 1. The first-order valence-corrected chi connectivity index (χ1v) is 8.60. The highest BCUT2D eigenvalue weighted by molar-refractivity contribution is 6.32. The minimum atomic E-state index is 0.153. The maximum absolute atomic E-state index is 11.9. The summed E-state index contributed by atoms with van der Waals surface area (Å²) in [5.74, 6) is 0.932.